The van der Waals surface area contributed by atoms with Gasteiger partial charge in [0, 0.05) is 45.4 Å². The molecule has 2 heterocycles. The van der Waals surface area contributed by atoms with Crippen molar-refractivity contribution in [3.8, 4) is 0 Å². The molecule has 10 atom stereocenters. The van der Waals surface area contributed by atoms with Gasteiger partial charge in [0.2, 0.25) is 0 Å². The highest BCUT2D eigenvalue weighted by Crippen LogP contribution is 2.65. The lowest BCUT2D eigenvalue weighted by Crippen LogP contribution is -2.67. The van der Waals surface area contributed by atoms with Crippen molar-refractivity contribution in [2.75, 3.05) is 0 Å². The van der Waals surface area contributed by atoms with E-state index in [-0.39, 0.29) is 6.42 Å². The van der Waals surface area contributed by atoms with Crippen LogP contribution < -0.4 is 0 Å². The van der Waals surface area contributed by atoms with Gasteiger partial charge in [-0.3, -0.25) is 19.2 Å². The predicted octanol–water partition coefficient (Wildman–Crippen LogP) is 1.46. The maximum Gasteiger partial charge on any atom is 0.342 e. The van der Waals surface area contributed by atoms with E-state index in [9.17, 15) is 29.1 Å². The van der Waals surface area contributed by atoms with Crippen LogP contribution in [0, 0.1) is 11.3 Å². The minimum atomic E-state index is -1.96. The molecule has 0 aromatic carbocycles. The van der Waals surface area contributed by atoms with Crippen molar-refractivity contribution < 1.29 is 57.5 Å². The van der Waals surface area contributed by atoms with Gasteiger partial charge in [-0.05, 0) is 38.5 Å². The third kappa shape index (κ3) is 4.50. The Kier molecular flexibility index (Phi) is 7.20. The maximum atomic E-state index is 13.1. The van der Waals surface area contributed by atoms with Crippen molar-refractivity contribution >= 4 is 29.8 Å². The normalized spacial score (nSPS) is 44.8. The zero-order valence-electron chi connectivity index (χ0n) is 23.8. The van der Waals surface area contributed by atoms with Gasteiger partial charge in [-0.2, -0.15) is 0 Å². The van der Waals surface area contributed by atoms with E-state index < -0.39 is 88.5 Å². The van der Waals surface area contributed by atoms with Gasteiger partial charge in [-0.1, -0.05) is 13.0 Å². The summed E-state index contributed by atoms with van der Waals surface area (Å²) in [5, 5.41) is 12.2. The van der Waals surface area contributed by atoms with Crippen LogP contribution in [0.15, 0.2) is 23.8 Å². The van der Waals surface area contributed by atoms with Crippen molar-refractivity contribution in [3.63, 3.8) is 0 Å². The first-order valence-corrected chi connectivity index (χ1v) is 13.1. The Morgan fingerprint density at radius 1 is 0.925 bits per heavy atom. The Morgan fingerprint density at radius 2 is 1.50 bits per heavy atom. The predicted molar refractivity (Wildman–Crippen MR) is 134 cm³/mol. The standard InChI is InChI=1S/C28H36O12/c1-13-11-21-28(27(8,40-28)24(33)39-21)23(38-17(5)32)22-25(6,10-9-19(26(22,7)34)36-15(3)30)20(37-16(4)31)12-18(13)35-14(2)29/h9-11,18-23,34H,12H2,1-8H3/b13-11-/t18-,19-,20+,21+,22-,23+,25-,26-,27+,28+/m1/s1. The van der Waals surface area contributed by atoms with E-state index in [0.717, 1.165) is 0 Å². The van der Waals surface area contributed by atoms with Gasteiger partial charge in [0.25, 0.3) is 0 Å². The van der Waals surface area contributed by atoms with Crippen LogP contribution in [0.5, 0.6) is 0 Å². The number of rotatable bonds is 4. The van der Waals surface area contributed by atoms with Gasteiger partial charge in [-0.15, -0.1) is 0 Å². The van der Waals surface area contributed by atoms with Crippen molar-refractivity contribution in [1.82, 2.24) is 0 Å². The van der Waals surface area contributed by atoms with E-state index >= 15 is 0 Å². The van der Waals surface area contributed by atoms with Gasteiger partial charge in [0.15, 0.2) is 17.3 Å². The molecule has 0 radical (unpaired) electrons. The smallest absolute Gasteiger partial charge is 0.342 e. The van der Waals surface area contributed by atoms with E-state index in [1.54, 1.807) is 26.0 Å². The molecule has 2 aliphatic heterocycles. The van der Waals surface area contributed by atoms with E-state index in [4.69, 9.17) is 28.4 Å². The lowest BCUT2D eigenvalue weighted by Gasteiger charge is -2.55. The van der Waals surface area contributed by atoms with Crippen molar-refractivity contribution in [2.45, 2.75) is 109 Å². The molecule has 0 aromatic heterocycles. The molecule has 2 fully saturated rings. The average molecular weight is 565 g/mol. The van der Waals surface area contributed by atoms with Gasteiger partial charge in [0.1, 0.15) is 30.0 Å². The number of epoxide rings is 1. The van der Waals surface area contributed by atoms with Crippen LogP contribution in [0.4, 0.5) is 0 Å². The molecule has 2 saturated heterocycles. The maximum absolute atomic E-state index is 13.1. The Labute approximate surface area is 231 Å². The Morgan fingerprint density at radius 3 is 2.02 bits per heavy atom. The van der Waals surface area contributed by atoms with Gasteiger partial charge in [0.05, 0.1) is 0 Å². The van der Waals surface area contributed by atoms with Gasteiger partial charge in [-0.25, -0.2) is 4.79 Å². The van der Waals surface area contributed by atoms with Crippen LogP contribution in [-0.4, -0.2) is 82.3 Å². The molecular formula is C28H36O12. The fraction of sp³-hybridized carbons (Fsp3) is 0.679. The molecule has 40 heavy (non-hydrogen) atoms. The Bertz CT molecular complexity index is 1200. The lowest BCUT2D eigenvalue weighted by atomic mass is 9.55. The fourth-order valence-corrected chi connectivity index (χ4v) is 6.76. The molecular weight excluding hydrogens is 528 g/mol. The first-order chi connectivity index (χ1) is 18.4. The Balaban J connectivity index is 2.04. The zero-order chi connectivity index (χ0) is 30.0. The highest BCUT2D eigenvalue weighted by molar-refractivity contribution is 5.89. The zero-order valence-corrected chi connectivity index (χ0v) is 23.8. The minimum Gasteiger partial charge on any atom is -0.461 e. The van der Waals surface area contributed by atoms with Crippen molar-refractivity contribution in [1.29, 1.82) is 0 Å². The molecule has 4 rings (SSSR count). The van der Waals surface area contributed by atoms with Crippen LogP contribution in [0.1, 0.15) is 61.8 Å². The second kappa shape index (κ2) is 9.69. The molecule has 1 spiro atoms. The number of aliphatic hydroxyl groups is 1. The fourth-order valence-electron chi connectivity index (χ4n) is 6.76. The van der Waals surface area contributed by atoms with Crippen LogP contribution >= 0.6 is 0 Å². The second-order valence-electron chi connectivity index (χ2n) is 11.6. The van der Waals surface area contributed by atoms with Gasteiger partial charge >= 0.3 is 29.8 Å². The third-order valence-electron chi connectivity index (χ3n) is 8.60. The average Bonchev–Trinajstić information content (AvgIpc) is 3.39. The summed E-state index contributed by atoms with van der Waals surface area (Å²) in [6.07, 6.45) is -1.03. The number of carbonyl (C=O) groups is 5. The minimum absolute atomic E-state index is 0.0499. The first-order valence-electron chi connectivity index (χ1n) is 13.1. The number of fused-ring (bicyclic) bond motifs is 1. The molecule has 1 N–H and O–H groups in total. The number of carbonyl (C=O) groups excluding carboxylic acids is 5. The molecule has 4 aliphatic rings. The highest BCUT2D eigenvalue weighted by atomic mass is 16.7. The number of hydrogen-bond donors (Lipinski definition) is 1. The molecule has 0 bridgehead atoms. The van der Waals surface area contributed by atoms with E-state index in [1.165, 1.54) is 47.6 Å². The molecule has 0 unspecified atom stereocenters. The number of esters is 5. The monoisotopic (exact) mass is 564 g/mol. The topological polar surface area (TPSA) is 164 Å². The Hall–Kier alpha value is -3.25. The molecule has 0 amide bonds. The van der Waals surface area contributed by atoms with E-state index in [1.807, 2.05) is 0 Å². The summed E-state index contributed by atoms with van der Waals surface area (Å²) >= 11 is 0. The summed E-state index contributed by atoms with van der Waals surface area (Å²) in [7, 11) is 0. The molecule has 220 valence electrons. The first kappa shape index (κ1) is 29.7. The molecule has 2 aliphatic carbocycles. The van der Waals surface area contributed by atoms with E-state index in [2.05, 4.69) is 0 Å². The lowest BCUT2D eigenvalue weighted by molar-refractivity contribution is -0.220. The summed E-state index contributed by atoms with van der Waals surface area (Å²) < 4.78 is 34.6. The summed E-state index contributed by atoms with van der Waals surface area (Å²) in [6, 6.07) is 0. The van der Waals surface area contributed by atoms with Crippen LogP contribution in [0.3, 0.4) is 0 Å². The number of hydrogen-bond acceptors (Lipinski definition) is 12. The van der Waals surface area contributed by atoms with Crippen LogP contribution in [0.25, 0.3) is 0 Å². The van der Waals surface area contributed by atoms with Gasteiger partial charge < -0.3 is 33.5 Å². The van der Waals surface area contributed by atoms with Crippen LogP contribution in [-0.2, 0) is 52.4 Å². The van der Waals surface area contributed by atoms with E-state index in [0.29, 0.717) is 5.57 Å². The molecule has 0 aromatic rings. The second-order valence-corrected chi connectivity index (χ2v) is 11.6. The quantitative estimate of drug-likeness (QED) is 0.227. The largest absolute Gasteiger partial charge is 0.461 e. The molecule has 12 heteroatoms. The van der Waals surface area contributed by atoms with Crippen LogP contribution in [0.2, 0.25) is 0 Å². The molecule has 12 nitrogen and oxygen atoms in total. The SMILES string of the molecule is CC(=O)O[C@H]1C[C@@H](OC(C)=O)/C(C)=C\[C@@H]2OC(=O)[C@]3(C)O[C@]23[C@@H](OC(C)=O)[C@H]2[C@](C)(O)[C@H](OC(C)=O)C=C[C@]12C. The summed E-state index contributed by atoms with van der Waals surface area (Å²) in [6.45, 7) is 11.1. The highest BCUT2D eigenvalue weighted by Gasteiger charge is 2.87. The summed E-state index contributed by atoms with van der Waals surface area (Å²) in [4.78, 5) is 62.2. The number of ether oxygens (including phenoxy) is 6. The van der Waals surface area contributed by atoms with Crippen molar-refractivity contribution in [2.24, 2.45) is 11.3 Å². The van der Waals surface area contributed by atoms with Crippen molar-refractivity contribution in [3.05, 3.63) is 23.8 Å². The third-order valence-corrected chi connectivity index (χ3v) is 8.60. The molecule has 0 saturated carbocycles. The summed E-state index contributed by atoms with van der Waals surface area (Å²) in [5.41, 5.74) is -5.99. The summed E-state index contributed by atoms with van der Waals surface area (Å²) in [5.74, 6) is -4.55.